The highest BCUT2D eigenvalue weighted by Crippen LogP contribution is 2.48. The normalized spacial score (nSPS) is 17.5. The van der Waals surface area contributed by atoms with Crippen LogP contribution in [0.5, 0.6) is 0 Å². The zero-order chi connectivity index (χ0) is 15.9. The van der Waals surface area contributed by atoms with Crippen molar-refractivity contribution in [2.75, 3.05) is 13.1 Å². The van der Waals surface area contributed by atoms with E-state index in [9.17, 15) is 4.79 Å². The van der Waals surface area contributed by atoms with Gasteiger partial charge >= 0.3 is 0 Å². The number of H-pyrrole nitrogens is 1. The van der Waals surface area contributed by atoms with Gasteiger partial charge in [-0.3, -0.25) is 9.89 Å². The molecule has 1 aliphatic heterocycles. The third-order valence-electron chi connectivity index (χ3n) is 4.90. The van der Waals surface area contributed by atoms with Crippen molar-refractivity contribution in [1.82, 2.24) is 20.8 Å². The Balaban J connectivity index is 0.00000169. The molecule has 5 nitrogen and oxygen atoms in total. The van der Waals surface area contributed by atoms with Gasteiger partial charge in [-0.05, 0) is 30.5 Å². The summed E-state index contributed by atoms with van der Waals surface area (Å²) in [6, 6.07) is 8.38. The number of aromatic amines is 1. The van der Waals surface area contributed by atoms with Crippen molar-refractivity contribution >= 4 is 34.2 Å². The highest BCUT2D eigenvalue weighted by molar-refractivity contribution is 9.10. The maximum atomic E-state index is 12.5. The minimum Gasteiger partial charge on any atom is -0.350 e. The van der Waals surface area contributed by atoms with Crippen LogP contribution < -0.4 is 10.6 Å². The van der Waals surface area contributed by atoms with Gasteiger partial charge in [-0.15, -0.1) is 12.4 Å². The molecule has 7 heteroatoms. The fraction of sp³-hybridized carbons (Fsp3) is 0.412. The quantitative estimate of drug-likeness (QED) is 0.724. The number of carbonyl (C=O) groups is 1. The van der Waals surface area contributed by atoms with Crippen LogP contribution in [0.1, 0.15) is 40.2 Å². The van der Waals surface area contributed by atoms with Crippen LogP contribution in [0.3, 0.4) is 0 Å². The number of nitrogens with one attached hydrogen (secondary N) is 3. The van der Waals surface area contributed by atoms with E-state index in [1.165, 1.54) is 5.56 Å². The molecule has 0 unspecified atom stereocenters. The number of benzene rings is 1. The second-order valence-corrected chi connectivity index (χ2v) is 7.35. The number of fused-ring (bicyclic) bond motifs is 1. The van der Waals surface area contributed by atoms with Gasteiger partial charge in [0.15, 0.2) is 5.69 Å². The number of nitrogens with zero attached hydrogens (tertiary/aromatic N) is 1. The maximum Gasteiger partial charge on any atom is 0.272 e. The lowest BCUT2D eigenvalue weighted by Gasteiger charge is -2.17. The van der Waals surface area contributed by atoms with Gasteiger partial charge in [0, 0.05) is 47.2 Å². The average molecular weight is 412 g/mol. The van der Waals surface area contributed by atoms with Crippen LogP contribution in [-0.2, 0) is 18.4 Å². The van der Waals surface area contributed by atoms with Crippen molar-refractivity contribution in [2.45, 2.75) is 31.2 Å². The number of hydrogen-bond donors (Lipinski definition) is 3. The summed E-state index contributed by atoms with van der Waals surface area (Å²) in [4.78, 5) is 12.5. The Labute approximate surface area is 155 Å². The van der Waals surface area contributed by atoms with Gasteiger partial charge < -0.3 is 10.6 Å². The number of carbonyl (C=O) groups excluding carboxylic acids is 1. The predicted octanol–water partition coefficient (Wildman–Crippen LogP) is 2.70. The maximum absolute atomic E-state index is 12.5. The van der Waals surface area contributed by atoms with E-state index in [2.05, 4.69) is 55.0 Å². The topological polar surface area (TPSA) is 69.8 Å². The molecule has 1 aromatic carbocycles. The van der Waals surface area contributed by atoms with Gasteiger partial charge in [0.25, 0.3) is 5.91 Å². The molecule has 24 heavy (non-hydrogen) atoms. The lowest BCUT2D eigenvalue weighted by Crippen LogP contribution is -2.34. The predicted molar refractivity (Wildman–Crippen MR) is 98.6 cm³/mol. The van der Waals surface area contributed by atoms with E-state index in [0.717, 1.165) is 41.5 Å². The van der Waals surface area contributed by atoms with Crippen molar-refractivity contribution in [2.24, 2.45) is 0 Å². The fourth-order valence-corrected chi connectivity index (χ4v) is 3.68. The first-order valence-electron chi connectivity index (χ1n) is 7.99. The van der Waals surface area contributed by atoms with Crippen molar-refractivity contribution in [3.05, 3.63) is 51.3 Å². The molecule has 2 heterocycles. The lowest BCUT2D eigenvalue weighted by atomic mass is 9.96. The first-order valence-corrected chi connectivity index (χ1v) is 8.78. The first kappa shape index (κ1) is 17.5. The highest BCUT2D eigenvalue weighted by atomic mass is 79.9. The van der Waals surface area contributed by atoms with Gasteiger partial charge in [0.05, 0.1) is 0 Å². The molecular weight excluding hydrogens is 392 g/mol. The van der Waals surface area contributed by atoms with Gasteiger partial charge in [0.2, 0.25) is 0 Å². The van der Waals surface area contributed by atoms with E-state index in [0.29, 0.717) is 18.8 Å². The number of amides is 1. The highest BCUT2D eigenvalue weighted by Gasteiger charge is 2.44. The molecule has 0 spiro atoms. The fourth-order valence-electron chi connectivity index (χ4n) is 3.28. The second kappa shape index (κ2) is 6.86. The van der Waals surface area contributed by atoms with Crippen LogP contribution >= 0.6 is 28.3 Å². The zero-order valence-corrected chi connectivity index (χ0v) is 15.6. The standard InChI is InChI=1S/C17H19BrN4O.ClH/c18-12-3-1-2-11(8-12)17(5-6-17)10-20-16(23)15-13-9-19-7-4-14(13)21-22-15;/h1-3,8,19H,4-7,9-10H2,(H,20,23)(H,21,22);1H. The first-order chi connectivity index (χ1) is 11.2. The molecule has 1 aliphatic carbocycles. The Kier molecular flexibility index (Phi) is 4.99. The molecule has 1 saturated carbocycles. The Morgan fingerprint density at radius 2 is 2.21 bits per heavy atom. The largest absolute Gasteiger partial charge is 0.350 e. The van der Waals surface area contributed by atoms with Crippen LogP contribution in [0, 0.1) is 0 Å². The van der Waals surface area contributed by atoms with E-state index >= 15 is 0 Å². The van der Waals surface area contributed by atoms with Crippen LogP contribution in [0.4, 0.5) is 0 Å². The van der Waals surface area contributed by atoms with Crippen LogP contribution in [0.15, 0.2) is 28.7 Å². The Hall–Kier alpha value is -1.37. The molecule has 0 atom stereocenters. The molecule has 1 fully saturated rings. The van der Waals surface area contributed by atoms with Crippen molar-refractivity contribution in [3.63, 3.8) is 0 Å². The van der Waals surface area contributed by atoms with Gasteiger partial charge in [-0.1, -0.05) is 28.1 Å². The average Bonchev–Trinajstić information content (AvgIpc) is 3.24. The summed E-state index contributed by atoms with van der Waals surface area (Å²) in [5, 5.41) is 13.6. The molecule has 1 amide bonds. The van der Waals surface area contributed by atoms with E-state index in [4.69, 9.17) is 0 Å². The smallest absolute Gasteiger partial charge is 0.272 e. The van der Waals surface area contributed by atoms with Crippen LogP contribution in [0.2, 0.25) is 0 Å². The monoisotopic (exact) mass is 410 g/mol. The van der Waals surface area contributed by atoms with E-state index < -0.39 is 0 Å². The van der Waals surface area contributed by atoms with Crippen molar-refractivity contribution in [1.29, 1.82) is 0 Å². The zero-order valence-electron chi connectivity index (χ0n) is 13.2. The Morgan fingerprint density at radius 3 is 2.96 bits per heavy atom. The summed E-state index contributed by atoms with van der Waals surface area (Å²) >= 11 is 3.53. The Morgan fingerprint density at radius 1 is 1.38 bits per heavy atom. The summed E-state index contributed by atoms with van der Waals surface area (Å²) in [5.41, 5.74) is 4.02. The summed E-state index contributed by atoms with van der Waals surface area (Å²) in [6.07, 6.45) is 3.13. The van der Waals surface area contributed by atoms with Gasteiger partial charge in [-0.2, -0.15) is 5.10 Å². The Bertz CT molecular complexity index is 757. The minimum absolute atomic E-state index is 0. The molecular formula is C17H20BrClN4O. The molecule has 0 radical (unpaired) electrons. The molecule has 4 rings (SSSR count). The van der Waals surface area contributed by atoms with Gasteiger partial charge in [-0.25, -0.2) is 0 Å². The SMILES string of the molecule is Cl.O=C(NCC1(c2cccc(Br)c2)CC1)c1n[nH]c2c1CNCC2. The number of rotatable bonds is 4. The molecule has 128 valence electrons. The molecule has 2 aromatic rings. The molecule has 0 saturated heterocycles. The number of halogens is 2. The summed E-state index contributed by atoms with van der Waals surface area (Å²) < 4.78 is 1.08. The molecule has 3 N–H and O–H groups in total. The third-order valence-corrected chi connectivity index (χ3v) is 5.39. The second-order valence-electron chi connectivity index (χ2n) is 6.43. The van der Waals surface area contributed by atoms with Gasteiger partial charge in [0.1, 0.15) is 0 Å². The van der Waals surface area contributed by atoms with Crippen LogP contribution in [-0.4, -0.2) is 29.2 Å². The summed E-state index contributed by atoms with van der Waals surface area (Å²) in [7, 11) is 0. The summed E-state index contributed by atoms with van der Waals surface area (Å²) in [6.45, 7) is 2.31. The number of aromatic nitrogens is 2. The number of hydrogen-bond acceptors (Lipinski definition) is 3. The third kappa shape index (κ3) is 3.23. The van der Waals surface area contributed by atoms with Crippen molar-refractivity contribution in [3.8, 4) is 0 Å². The molecule has 0 bridgehead atoms. The lowest BCUT2D eigenvalue weighted by molar-refractivity contribution is 0.0943. The minimum atomic E-state index is -0.0764. The van der Waals surface area contributed by atoms with Crippen molar-refractivity contribution < 1.29 is 4.79 Å². The molecule has 1 aromatic heterocycles. The summed E-state index contributed by atoms with van der Waals surface area (Å²) in [5.74, 6) is -0.0764. The van der Waals surface area contributed by atoms with E-state index in [1.54, 1.807) is 0 Å². The van der Waals surface area contributed by atoms with E-state index in [1.807, 2.05) is 6.07 Å². The van der Waals surface area contributed by atoms with Crippen LogP contribution in [0.25, 0.3) is 0 Å². The molecule has 2 aliphatic rings. The van der Waals surface area contributed by atoms with E-state index in [-0.39, 0.29) is 23.7 Å².